The van der Waals surface area contributed by atoms with E-state index in [1.807, 2.05) is 63.3 Å². The molecule has 0 saturated heterocycles. The molecule has 0 radical (unpaired) electrons. The van der Waals surface area contributed by atoms with Crippen molar-refractivity contribution in [1.82, 2.24) is 4.90 Å². The van der Waals surface area contributed by atoms with Gasteiger partial charge in [-0.15, -0.1) is 0 Å². The van der Waals surface area contributed by atoms with Crippen molar-refractivity contribution in [3.63, 3.8) is 0 Å². The second-order valence-corrected chi connectivity index (χ2v) is 12.0. The minimum absolute atomic E-state index is 0.0213. The Balaban J connectivity index is 0.00000120. The Hall–Kier alpha value is -3.53. The van der Waals surface area contributed by atoms with Crippen LogP contribution in [-0.4, -0.2) is 23.8 Å². The predicted octanol–water partition coefficient (Wildman–Crippen LogP) is 12.1. The molecule has 0 atom stereocenters. The van der Waals surface area contributed by atoms with Crippen LogP contribution in [0.4, 0.5) is 0 Å². The number of Topliss-reactive ketones (excluding diaryl/α,β-unsaturated/α-hetero) is 1. The predicted molar refractivity (Wildman–Crippen MR) is 201 cm³/mol. The van der Waals surface area contributed by atoms with Crippen molar-refractivity contribution in [2.75, 3.05) is 13.2 Å². The molecule has 1 fully saturated rings. The monoisotopic (exact) mass is 631 g/mol. The van der Waals surface area contributed by atoms with E-state index in [-0.39, 0.29) is 5.78 Å². The summed E-state index contributed by atoms with van der Waals surface area (Å²) in [4.78, 5) is 14.5. The molecule has 256 valence electrons. The van der Waals surface area contributed by atoms with E-state index in [2.05, 4.69) is 58.4 Å². The van der Waals surface area contributed by atoms with Crippen molar-refractivity contribution in [2.45, 2.75) is 113 Å². The maximum Gasteiger partial charge on any atom is 0.196 e. The highest BCUT2D eigenvalue weighted by molar-refractivity contribution is 5.91. The molecule has 1 aromatic rings. The third-order valence-electron chi connectivity index (χ3n) is 8.21. The van der Waals surface area contributed by atoms with E-state index in [1.165, 1.54) is 50.5 Å². The molecule has 0 N–H and O–H groups in total. The number of benzene rings is 1. The van der Waals surface area contributed by atoms with Crippen LogP contribution < -0.4 is 4.74 Å². The van der Waals surface area contributed by atoms with Gasteiger partial charge in [0.1, 0.15) is 11.5 Å². The van der Waals surface area contributed by atoms with E-state index >= 15 is 0 Å². The van der Waals surface area contributed by atoms with Gasteiger partial charge in [-0.05, 0) is 69.7 Å². The first-order valence-electron chi connectivity index (χ1n) is 17.3. The molecule has 4 heteroatoms. The Morgan fingerprint density at radius 2 is 1.72 bits per heavy atom. The fourth-order valence-electron chi connectivity index (χ4n) is 4.77. The first-order chi connectivity index (χ1) is 22.1. The number of hydrogen-bond acceptors (Lipinski definition) is 4. The summed E-state index contributed by atoms with van der Waals surface area (Å²) < 4.78 is 11.8. The summed E-state index contributed by atoms with van der Waals surface area (Å²) in [5, 5.41) is 0. The maximum absolute atomic E-state index is 12.3. The molecule has 0 amide bonds. The normalized spacial score (nSPS) is 14.1. The zero-order chi connectivity index (χ0) is 34.7. The van der Waals surface area contributed by atoms with Crippen molar-refractivity contribution in [1.29, 1.82) is 0 Å². The fourth-order valence-corrected chi connectivity index (χ4v) is 4.77. The van der Waals surface area contributed by atoms with Crippen LogP contribution in [0.25, 0.3) is 0 Å². The molecule has 1 aliphatic rings. The van der Waals surface area contributed by atoms with Crippen LogP contribution in [0, 0.1) is 11.8 Å². The summed E-state index contributed by atoms with van der Waals surface area (Å²) in [6, 6.07) is 7.93. The molecule has 46 heavy (non-hydrogen) atoms. The van der Waals surface area contributed by atoms with Crippen molar-refractivity contribution in [3.05, 3.63) is 115 Å². The largest absolute Gasteiger partial charge is 0.488 e. The summed E-state index contributed by atoms with van der Waals surface area (Å²) in [7, 11) is 0. The van der Waals surface area contributed by atoms with Crippen LogP contribution in [0.5, 0.6) is 5.75 Å². The number of nitrogens with zero attached hydrogens (tertiary/aromatic N) is 1. The van der Waals surface area contributed by atoms with Gasteiger partial charge in [0.15, 0.2) is 11.5 Å². The highest BCUT2D eigenvalue weighted by atomic mass is 16.5. The summed E-state index contributed by atoms with van der Waals surface area (Å²) >= 11 is 0. The first-order valence-corrected chi connectivity index (χ1v) is 17.3. The van der Waals surface area contributed by atoms with Gasteiger partial charge in [-0.25, -0.2) is 0 Å². The van der Waals surface area contributed by atoms with Crippen LogP contribution in [-0.2, 0) is 16.1 Å². The molecule has 0 spiro atoms. The Morgan fingerprint density at radius 3 is 2.24 bits per heavy atom. The summed E-state index contributed by atoms with van der Waals surface area (Å²) in [5.41, 5.74) is 3.17. The van der Waals surface area contributed by atoms with Gasteiger partial charge < -0.3 is 14.4 Å². The Bertz CT molecular complexity index is 1140. The lowest BCUT2D eigenvalue weighted by Gasteiger charge is -2.27. The van der Waals surface area contributed by atoms with Gasteiger partial charge in [-0.1, -0.05) is 140 Å². The smallest absolute Gasteiger partial charge is 0.196 e. The maximum atomic E-state index is 12.3. The quantitative estimate of drug-likeness (QED) is 0.0974. The molecule has 1 aliphatic carbocycles. The molecular formula is C42H65NO3. The van der Waals surface area contributed by atoms with Crippen molar-refractivity contribution < 1.29 is 14.3 Å². The molecule has 0 aliphatic heterocycles. The van der Waals surface area contributed by atoms with Crippen LogP contribution in [0.3, 0.4) is 0 Å². The van der Waals surface area contributed by atoms with Gasteiger partial charge >= 0.3 is 0 Å². The van der Waals surface area contributed by atoms with Gasteiger partial charge in [-0.2, -0.15) is 0 Å². The molecular weight excluding hydrogens is 566 g/mol. The van der Waals surface area contributed by atoms with E-state index in [4.69, 9.17) is 9.47 Å². The van der Waals surface area contributed by atoms with Gasteiger partial charge in [-0.3, -0.25) is 4.79 Å². The van der Waals surface area contributed by atoms with E-state index in [1.54, 1.807) is 25.2 Å². The molecule has 0 heterocycles. The topological polar surface area (TPSA) is 38.8 Å². The van der Waals surface area contributed by atoms with E-state index in [0.29, 0.717) is 24.7 Å². The van der Waals surface area contributed by atoms with Crippen LogP contribution in [0.15, 0.2) is 109 Å². The van der Waals surface area contributed by atoms with E-state index in [9.17, 15) is 4.79 Å². The number of ether oxygens (including phenoxy) is 2. The first kappa shape index (κ1) is 42.5. The van der Waals surface area contributed by atoms with Gasteiger partial charge in [0, 0.05) is 20.0 Å². The zero-order valence-corrected chi connectivity index (χ0v) is 30.6. The minimum atomic E-state index is -0.0213. The van der Waals surface area contributed by atoms with Crippen molar-refractivity contribution >= 4 is 5.78 Å². The molecule has 4 nitrogen and oxygen atoms in total. The highest BCUT2D eigenvalue weighted by Crippen LogP contribution is 2.27. The van der Waals surface area contributed by atoms with Crippen molar-refractivity contribution in [3.8, 4) is 5.75 Å². The second kappa shape index (κ2) is 26.7. The van der Waals surface area contributed by atoms with Crippen molar-refractivity contribution in [2.24, 2.45) is 11.8 Å². The summed E-state index contributed by atoms with van der Waals surface area (Å²) in [6.45, 7) is 29.6. The second-order valence-electron chi connectivity index (χ2n) is 12.0. The average molecular weight is 632 g/mol. The number of hydrogen-bond donors (Lipinski definition) is 0. The molecule has 2 rings (SSSR count). The van der Waals surface area contributed by atoms with E-state index < -0.39 is 0 Å². The third kappa shape index (κ3) is 19.8. The lowest BCUT2D eigenvalue weighted by molar-refractivity contribution is -0.117. The van der Waals surface area contributed by atoms with Crippen LogP contribution in [0.2, 0.25) is 0 Å². The average Bonchev–Trinajstić information content (AvgIpc) is 3.07. The fraction of sp³-hybridized carbons (Fsp3) is 0.500. The zero-order valence-electron chi connectivity index (χ0n) is 30.6. The molecule has 1 aromatic carbocycles. The minimum Gasteiger partial charge on any atom is -0.488 e. The summed E-state index contributed by atoms with van der Waals surface area (Å²) in [5.74, 6) is 3.42. The third-order valence-corrected chi connectivity index (χ3v) is 8.21. The molecule has 0 bridgehead atoms. The molecule has 0 aromatic heterocycles. The molecule has 1 saturated carbocycles. The lowest BCUT2D eigenvalue weighted by Crippen LogP contribution is -2.24. The van der Waals surface area contributed by atoms with Gasteiger partial charge in [0.2, 0.25) is 0 Å². The Labute approximate surface area is 283 Å². The number of carbonyl (C=O) groups is 1. The van der Waals surface area contributed by atoms with Crippen LogP contribution in [0.1, 0.15) is 112 Å². The Morgan fingerprint density at radius 1 is 1.04 bits per heavy atom. The number of allylic oxidation sites excluding steroid dienone is 10. The lowest BCUT2D eigenvalue weighted by atomic mass is 9.87. The Kier molecular flexibility index (Phi) is 24.6. The number of rotatable bonds is 17. The van der Waals surface area contributed by atoms with E-state index in [0.717, 1.165) is 41.8 Å². The standard InChI is InChI=1S/C28H39NO3.C8H12.C6H14/c1-6-8-13-22(3)32-27-17-12-16-26(20-27)21-29(7-2)23(4)28(24(5)30)31-19-18-25-14-10-9-11-15-25;1-4-6-7-8(3)5-2;1-4-6(3)5-2/h6,8,12-13,16-17,20,25H,1,3,7,9-11,14-15,18-19,21H2,2,4-5H3;4-7H,2H2,1,3H3;6H,4-5H2,1-3H3/b13-8-,28-23-;6-4-,8-7-;. The SMILES string of the molecule is C=C/C(C)=C\C=C/C.C=C/C=C\C(=C)Oc1cccc(CN(CC)/C(C)=C(\OCCC2CCCCC2)C(C)=O)c1.CCC(C)CC. The highest BCUT2D eigenvalue weighted by Gasteiger charge is 2.18. The van der Waals surface area contributed by atoms with Gasteiger partial charge in [0.05, 0.1) is 12.3 Å². The van der Waals surface area contributed by atoms with Crippen LogP contribution >= 0.6 is 0 Å². The number of carbonyl (C=O) groups excluding carboxylic acids is 1. The summed E-state index contributed by atoms with van der Waals surface area (Å²) in [6.07, 6.45) is 23.4. The number of ketones is 1. The van der Waals surface area contributed by atoms with Gasteiger partial charge in [0.25, 0.3) is 0 Å². The molecule has 0 unspecified atom stereocenters.